The Kier molecular flexibility index (Phi) is 5.45. The number of nitro groups is 1. The molecule has 0 aliphatic carbocycles. The predicted octanol–water partition coefficient (Wildman–Crippen LogP) is 2.00. The molecule has 0 radical (unpaired) electrons. The van der Waals surface area contributed by atoms with Crippen molar-refractivity contribution in [2.75, 3.05) is 18.5 Å². The van der Waals surface area contributed by atoms with Crippen molar-refractivity contribution in [1.29, 1.82) is 0 Å². The summed E-state index contributed by atoms with van der Waals surface area (Å²) in [7, 11) is 0. The number of rotatable bonds is 6. The van der Waals surface area contributed by atoms with Crippen molar-refractivity contribution in [3.05, 3.63) is 33.9 Å². The molecule has 0 aromatic heterocycles. The molecule has 7 nitrogen and oxygen atoms in total. The van der Waals surface area contributed by atoms with Crippen LogP contribution in [0.4, 0.5) is 11.4 Å². The zero-order valence-corrected chi connectivity index (χ0v) is 11.9. The van der Waals surface area contributed by atoms with Gasteiger partial charge in [0.15, 0.2) is 0 Å². The summed E-state index contributed by atoms with van der Waals surface area (Å²) in [6.45, 7) is 7.17. The van der Waals surface area contributed by atoms with E-state index in [1.54, 1.807) is 4.90 Å². The maximum Gasteiger partial charge on any atom is 0.293 e. The number of nitrogens with one attached hydrogen (secondary N) is 1. The third kappa shape index (κ3) is 3.67. The molecular weight excluding hydrogens is 260 g/mol. The molecule has 0 unspecified atom stereocenters. The molecular formula is C13H20N4O3. The minimum Gasteiger partial charge on any atom is -0.339 e. The van der Waals surface area contributed by atoms with Crippen LogP contribution in [0.15, 0.2) is 18.2 Å². The quantitative estimate of drug-likeness (QED) is 0.471. The number of amides is 1. The van der Waals surface area contributed by atoms with Crippen LogP contribution in [-0.2, 0) is 0 Å². The fraction of sp³-hybridized carbons (Fsp3) is 0.462. The van der Waals surface area contributed by atoms with Crippen molar-refractivity contribution in [2.45, 2.75) is 20.8 Å². The molecule has 20 heavy (non-hydrogen) atoms. The van der Waals surface area contributed by atoms with Gasteiger partial charge in [-0.05, 0) is 25.0 Å². The molecule has 7 heteroatoms. The van der Waals surface area contributed by atoms with Gasteiger partial charge >= 0.3 is 0 Å². The Morgan fingerprint density at radius 2 is 2.15 bits per heavy atom. The van der Waals surface area contributed by atoms with E-state index in [1.165, 1.54) is 18.2 Å². The second-order valence-corrected chi connectivity index (χ2v) is 4.87. The first kappa shape index (κ1) is 15.9. The van der Waals surface area contributed by atoms with Crippen LogP contribution in [0.25, 0.3) is 0 Å². The third-order valence-electron chi connectivity index (χ3n) is 2.85. The van der Waals surface area contributed by atoms with Gasteiger partial charge < -0.3 is 10.3 Å². The van der Waals surface area contributed by atoms with Gasteiger partial charge in [-0.2, -0.15) is 0 Å². The van der Waals surface area contributed by atoms with E-state index in [-0.39, 0.29) is 17.3 Å². The fourth-order valence-corrected chi connectivity index (χ4v) is 1.92. The Morgan fingerprint density at radius 1 is 1.50 bits per heavy atom. The summed E-state index contributed by atoms with van der Waals surface area (Å²) in [5, 5.41) is 10.8. The lowest BCUT2D eigenvalue weighted by Crippen LogP contribution is -2.34. The average molecular weight is 280 g/mol. The summed E-state index contributed by atoms with van der Waals surface area (Å²) in [6.07, 6.45) is 0. The van der Waals surface area contributed by atoms with Gasteiger partial charge in [-0.25, -0.2) is 0 Å². The van der Waals surface area contributed by atoms with Crippen molar-refractivity contribution in [1.82, 2.24) is 4.90 Å². The van der Waals surface area contributed by atoms with Crippen LogP contribution in [0, 0.1) is 16.0 Å². The highest BCUT2D eigenvalue weighted by atomic mass is 16.6. The van der Waals surface area contributed by atoms with Gasteiger partial charge in [0, 0.05) is 24.7 Å². The fourth-order valence-electron chi connectivity index (χ4n) is 1.92. The lowest BCUT2D eigenvalue weighted by atomic mass is 10.1. The molecule has 0 aliphatic rings. The molecule has 1 rings (SSSR count). The van der Waals surface area contributed by atoms with Crippen LogP contribution in [0.5, 0.6) is 0 Å². The van der Waals surface area contributed by atoms with Gasteiger partial charge in [-0.3, -0.25) is 20.8 Å². The second kappa shape index (κ2) is 6.85. The van der Waals surface area contributed by atoms with E-state index in [0.29, 0.717) is 24.6 Å². The van der Waals surface area contributed by atoms with Crippen LogP contribution < -0.4 is 11.3 Å². The van der Waals surface area contributed by atoms with Crippen LogP contribution in [0.2, 0.25) is 0 Å². The Bertz CT molecular complexity index is 502. The number of carbonyl (C=O) groups excluding carboxylic acids is 1. The number of hydrogen-bond acceptors (Lipinski definition) is 5. The lowest BCUT2D eigenvalue weighted by Gasteiger charge is -2.23. The van der Waals surface area contributed by atoms with Crippen LogP contribution in [0.1, 0.15) is 31.1 Å². The van der Waals surface area contributed by atoms with Crippen molar-refractivity contribution in [3.8, 4) is 0 Å². The molecule has 1 aromatic carbocycles. The van der Waals surface area contributed by atoms with Crippen molar-refractivity contribution in [2.24, 2.45) is 11.8 Å². The van der Waals surface area contributed by atoms with Crippen molar-refractivity contribution >= 4 is 17.3 Å². The summed E-state index contributed by atoms with van der Waals surface area (Å²) < 4.78 is 0. The number of anilines is 1. The van der Waals surface area contributed by atoms with Crippen LogP contribution in [0.3, 0.4) is 0 Å². The van der Waals surface area contributed by atoms with Gasteiger partial charge in [0.25, 0.3) is 11.6 Å². The number of nitrogens with zero attached hydrogens (tertiary/aromatic N) is 2. The second-order valence-electron chi connectivity index (χ2n) is 4.87. The number of nitrogen functional groups attached to an aromatic ring is 1. The summed E-state index contributed by atoms with van der Waals surface area (Å²) in [5.41, 5.74) is 2.61. The molecule has 0 atom stereocenters. The largest absolute Gasteiger partial charge is 0.339 e. The van der Waals surface area contributed by atoms with E-state index in [0.717, 1.165) is 0 Å². The summed E-state index contributed by atoms with van der Waals surface area (Å²) >= 11 is 0. The summed E-state index contributed by atoms with van der Waals surface area (Å²) in [5.74, 6) is 5.46. The van der Waals surface area contributed by atoms with E-state index in [9.17, 15) is 14.9 Å². The molecule has 0 saturated heterocycles. The molecule has 110 valence electrons. The topological polar surface area (TPSA) is 102 Å². The Labute approximate surface area is 117 Å². The smallest absolute Gasteiger partial charge is 0.293 e. The standard InChI is InChI=1S/C13H20N4O3/c1-4-16(8-9(2)3)13(18)10-5-6-12(17(19)20)11(7-10)15-14/h5-7,9,15H,4,8,14H2,1-3H3. The van der Waals surface area contributed by atoms with Gasteiger partial charge in [-0.1, -0.05) is 13.8 Å². The summed E-state index contributed by atoms with van der Waals surface area (Å²) in [6, 6.07) is 4.14. The van der Waals surface area contributed by atoms with Crippen molar-refractivity contribution in [3.63, 3.8) is 0 Å². The Morgan fingerprint density at radius 3 is 2.60 bits per heavy atom. The minimum absolute atomic E-state index is 0.126. The number of hydrazine groups is 1. The first-order valence-electron chi connectivity index (χ1n) is 6.45. The van der Waals surface area contributed by atoms with Gasteiger partial charge in [0.2, 0.25) is 0 Å². The highest BCUT2D eigenvalue weighted by molar-refractivity contribution is 5.96. The zero-order chi connectivity index (χ0) is 15.3. The van der Waals surface area contributed by atoms with E-state index in [1.807, 2.05) is 20.8 Å². The average Bonchev–Trinajstić information content (AvgIpc) is 2.42. The number of nitro benzene ring substituents is 1. The van der Waals surface area contributed by atoms with Gasteiger partial charge in [0.1, 0.15) is 5.69 Å². The number of carbonyl (C=O) groups is 1. The predicted molar refractivity (Wildman–Crippen MR) is 77.3 cm³/mol. The lowest BCUT2D eigenvalue weighted by molar-refractivity contribution is -0.384. The molecule has 0 aliphatic heterocycles. The highest BCUT2D eigenvalue weighted by Crippen LogP contribution is 2.25. The van der Waals surface area contributed by atoms with Crippen LogP contribution >= 0.6 is 0 Å². The van der Waals surface area contributed by atoms with E-state index in [2.05, 4.69) is 5.43 Å². The normalized spacial score (nSPS) is 10.4. The van der Waals surface area contributed by atoms with Gasteiger partial charge in [0.05, 0.1) is 4.92 Å². The van der Waals surface area contributed by atoms with E-state index >= 15 is 0 Å². The Hall–Kier alpha value is -2.15. The van der Waals surface area contributed by atoms with E-state index < -0.39 is 4.92 Å². The third-order valence-corrected chi connectivity index (χ3v) is 2.85. The number of hydrogen-bond donors (Lipinski definition) is 2. The van der Waals surface area contributed by atoms with Gasteiger partial charge in [-0.15, -0.1) is 0 Å². The molecule has 0 spiro atoms. The molecule has 0 bridgehead atoms. The molecule has 0 saturated carbocycles. The molecule has 1 amide bonds. The first-order valence-corrected chi connectivity index (χ1v) is 6.45. The number of nitrogens with two attached hydrogens (primary N) is 1. The number of benzene rings is 1. The minimum atomic E-state index is -0.546. The molecule has 1 aromatic rings. The van der Waals surface area contributed by atoms with Crippen molar-refractivity contribution < 1.29 is 9.72 Å². The Balaban J connectivity index is 3.07. The maximum atomic E-state index is 12.3. The molecule has 0 fully saturated rings. The maximum absolute atomic E-state index is 12.3. The first-order chi connectivity index (χ1) is 9.40. The van der Waals surface area contributed by atoms with E-state index in [4.69, 9.17) is 5.84 Å². The molecule has 3 N–H and O–H groups in total. The highest BCUT2D eigenvalue weighted by Gasteiger charge is 2.19. The zero-order valence-electron chi connectivity index (χ0n) is 11.9. The SMILES string of the molecule is CCN(CC(C)C)C(=O)c1ccc([N+](=O)[O-])c(NN)c1. The molecule has 0 heterocycles. The van der Waals surface area contributed by atoms with Crippen LogP contribution in [-0.4, -0.2) is 28.8 Å². The summed E-state index contributed by atoms with van der Waals surface area (Å²) in [4.78, 5) is 24.3. The monoisotopic (exact) mass is 280 g/mol.